The molecule has 3 aliphatic rings. The summed E-state index contributed by atoms with van der Waals surface area (Å²) in [5.74, 6) is -2.72. The molecule has 0 aliphatic carbocycles. The van der Waals surface area contributed by atoms with E-state index in [9.17, 15) is 24.3 Å². The number of aryl methyl sites for hydroxylation is 1. The second-order valence-corrected chi connectivity index (χ2v) is 18.4. The molecule has 3 fully saturated rings. The third-order valence-corrected chi connectivity index (χ3v) is 13.2. The number of imidazole rings is 1. The van der Waals surface area contributed by atoms with E-state index in [1.165, 1.54) is 6.92 Å². The maximum Gasteiger partial charge on any atom is 1.00 e. The van der Waals surface area contributed by atoms with Gasteiger partial charge in [0.1, 0.15) is 23.8 Å². The molecule has 2 aromatic heterocycles. The Bertz CT molecular complexity index is 1820. The maximum absolute atomic E-state index is 14.7. The third-order valence-electron chi connectivity index (χ3n) is 13.2. The Morgan fingerprint density at radius 1 is 1.02 bits per heavy atom. The van der Waals surface area contributed by atoms with Crippen molar-refractivity contribution in [2.75, 3.05) is 20.6 Å². The molecule has 0 saturated carbocycles. The van der Waals surface area contributed by atoms with Gasteiger partial charge in [0.05, 0.1) is 23.9 Å². The number of aliphatic hydroxyl groups excluding tert-OH is 1. The number of rotatable bonds is 10. The number of Topliss-reactive ketones (excluding diaryl/α,β-unsaturated/α-hetero) is 2. The smallest absolute Gasteiger partial charge is 0.480 e. The topological polar surface area (TPSA) is 163 Å². The van der Waals surface area contributed by atoms with E-state index < -0.39 is 77.3 Å². The number of ether oxygens (including phenoxy) is 4. The van der Waals surface area contributed by atoms with Crippen LogP contribution in [0.3, 0.4) is 0 Å². The van der Waals surface area contributed by atoms with Crippen LogP contribution in [0.25, 0.3) is 11.3 Å². The molecular weight excluding hydrogens is 864 g/mol. The van der Waals surface area contributed by atoms with Gasteiger partial charge in [-0.25, -0.2) is 15.7 Å². The molecule has 0 radical (unpaired) electrons. The first kappa shape index (κ1) is 54.3. The second kappa shape index (κ2) is 22.9. The zero-order valence-corrected chi connectivity index (χ0v) is 45.4. The van der Waals surface area contributed by atoms with Crippen molar-refractivity contribution in [3.8, 4) is 11.3 Å². The van der Waals surface area contributed by atoms with Gasteiger partial charge in [-0.1, -0.05) is 55.4 Å². The summed E-state index contributed by atoms with van der Waals surface area (Å²) in [7, 11) is 3.78. The van der Waals surface area contributed by atoms with E-state index >= 15 is 0 Å². The predicted octanol–water partition coefficient (Wildman–Crippen LogP) is 4.16. The van der Waals surface area contributed by atoms with Crippen molar-refractivity contribution in [2.45, 2.75) is 177 Å². The van der Waals surface area contributed by atoms with Crippen LogP contribution < -0.4 is 58.2 Å². The van der Waals surface area contributed by atoms with Crippen LogP contribution in [0.1, 0.15) is 120 Å². The number of amides is 1. The monoisotopic (exact) mass is 937 g/mol. The zero-order valence-electron chi connectivity index (χ0n) is 40.5. The number of nitrogens with zero attached hydrogens (tertiary/aromatic N) is 5. The Kier molecular flexibility index (Phi) is 20.1. The molecule has 3 aliphatic heterocycles. The van der Waals surface area contributed by atoms with Crippen molar-refractivity contribution < 1.29 is 101 Å². The fraction of sp³-hybridized carbons (Fsp3) is 0.723. The number of esters is 1. The van der Waals surface area contributed by atoms with Gasteiger partial charge in [0.15, 0.2) is 17.9 Å². The van der Waals surface area contributed by atoms with Crippen molar-refractivity contribution in [2.24, 2.45) is 23.2 Å². The maximum atomic E-state index is 14.7. The molecule has 3 saturated heterocycles. The summed E-state index contributed by atoms with van der Waals surface area (Å²) in [4.78, 5) is 69.5. The number of hydrogen-bond acceptors (Lipinski definition) is 12. The van der Waals surface area contributed by atoms with Gasteiger partial charge in [0.25, 0.3) is 0 Å². The first-order valence-corrected chi connectivity index (χ1v) is 22.4. The van der Waals surface area contributed by atoms with E-state index in [1.807, 2.05) is 100 Å². The molecule has 0 bridgehead atoms. The van der Waals surface area contributed by atoms with Crippen molar-refractivity contribution >= 4 is 23.6 Å². The first-order valence-electron chi connectivity index (χ1n) is 22.4. The molecule has 1 amide bonds. The van der Waals surface area contributed by atoms with Gasteiger partial charge in [-0.15, -0.1) is 0 Å². The quantitative estimate of drug-likeness (QED) is 0.206. The normalized spacial score (nSPS) is 32.0. The average Bonchev–Trinajstić information content (AvgIpc) is 3.66. The van der Waals surface area contributed by atoms with Gasteiger partial charge < -0.3 is 43.2 Å². The molecule has 342 valence electrons. The number of likely N-dealkylation sites (N-methyl/N-ethyl adjacent to an activating group) is 1. The van der Waals surface area contributed by atoms with E-state index in [2.05, 4.69) is 9.55 Å². The Hall–Kier alpha value is -2.04. The standard InChI is InChI=1S/C45H68N5O9.C2H6.Rb/c1-14-34-45(11)39(50(43(55)59-45)21-16-15-20-49-30(7)35(47-31(49)8)32-18-17-19-46-24-32)27(4)36(51)25(2)23-44(9,10)40(28(5)37(52)29(6)41(54)57-34)58-42-38(53)33(48(12)13)22-26(3)56-42;1-2;/h17-19,24-28,33-34,38-40,42,53H,14-16,20-23H2,1-13H3;1-2H3;/q-1;;+1/t25-,26-,27+,28+,33+,34-,38-,39-,40-,42+,45-;;/m1../s1. The summed E-state index contributed by atoms with van der Waals surface area (Å²) in [5.41, 5.74) is 0.642. The number of fused-ring (bicyclic) bond motifs is 1. The molecule has 11 atom stereocenters. The van der Waals surface area contributed by atoms with Crippen LogP contribution in [0.15, 0.2) is 24.5 Å². The summed E-state index contributed by atoms with van der Waals surface area (Å²) in [5, 5.41) is 11.4. The van der Waals surface area contributed by atoms with E-state index in [0.717, 1.165) is 29.2 Å². The largest absolute Gasteiger partial charge is 1.00 e. The average molecular weight is 939 g/mol. The fourth-order valence-electron chi connectivity index (χ4n) is 10.1. The number of aromatic nitrogens is 3. The van der Waals surface area contributed by atoms with Gasteiger partial charge in [0.2, 0.25) is 0 Å². The summed E-state index contributed by atoms with van der Waals surface area (Å²) < 4.78 is 27.3. The zero-order chi connectivity index (χ0) is 45.7. The Labute approximate surface area is 419 Å². The van der Waals surface area contributed by atoms with Crippen LogP contribution in [-0.4, -0.2) is 122 Å². The minimum Gasteiger partial charge on any atom is -0.480 e. The van der Waals surface area contributed by atoms with Crippen LogP contribution >= 0.6 is 0 Å². The number of carbonyl (C=O) groups is 4. The van der Waals surface area contributed by atoms with Crippen LogP contribution in [0.4, 0.5) is 4.79 Å². The van der Waals surface area contributed by atoms with E-state index in [1.54, 1.807) is 31.1 Å². The fourth-order valence-corrected chi connectivity index (χ4v) is 10.1. The summed E-state index contributed by atoms with van der Waals surface area (Å²) in [6.07, 6.45) is 1.38. The summed E-state index contributed by atoms with van der Waals surface area (Å²) >= 11 is 0. The molecule has 2 aromatic rings. The van der Waals surface area contributed by atoms with Crippen LogP contribution in [0.5, 0.6) is 0 Å². The Morgan fingerprint density at radius 2 is 1.66 bits per heavy atom. The number of cyclic esters (lactones) is 1. The minimum atomic E-state index is -1.39. The number of pyridine rings is 1. The minimum absolute atomic E-state index is 0. The summed E-state index contributed by atoms with van der Waals surface area (Å²) in [6.45, 7) is 25.2. The molecule has 15 heteroatoms. The van der Waals surface area contributed by atoms with Gasteiger partial charge in [-0.2, -0.15) is 6.92 Å². The van der Waals surface area contributed by atoms with E-state index in [0.29, 0.717) is 32.4 Å². The number of ketones is 2. The third kappa shape index (κ3) is 11.7. The van der Waals surface area contributed by atoms with Crippen molar-refractivity contribution in [1.29, 1.82) is 0 Å². The van der Waals surface area contributed by atoms with Gasteiger partial charge in [0, 0.05) is 66.3 Å². The second-order valence-electron chi connectivity index (χ2n) is 18.4. The van der Waals surface area contributed by atoms with Gasteiger partial charge in [-0.3, -0.25) is 14.6 Å². The van der Waals surface area contributed by atoms with E-state index in [4.69, 9.17) is 23.9 Å². The summed E-state index contributed by atoms with van der Waals surface area (Å²) in [6, 6.07) is 2.87. The molecule has 62 heavy (non-hydrogen) atoms. The SMILES string of the molecule is CC.CC[C@H]1OC(=O)[C-](C)C(=O)[C@H](C)[C@@H](O[C@@H]2O[C@H](C)C[C@H](N(C)C)[C@H]2O)C(C)(C)C[C@@H](C)C(=O)[C@H](C)[C@H]2N(CCCCn3c(C)nc(-c4cccnc4)c3C)C(=O)O[C@]12C.[Rb+]. The number of aliphatic hydroxyl groups is 1. The van der Waals surface area contributed by atoms with Crippen molar-refractivity contribution in [3.05, 3.63) is 42.0 Å². The number of carbonyl (C=O) groups excluding carboxylic acids is 4. The molecule has 0 aromatic carbocycles. The molecule has 0 spiro atoms. The Balaban J connectivity index is 0.00000336. The van der Waals surface area contributed by atoms with Crippen molar-refractivity contribution in [1.82, 2.24) is 24.3 Å². The molecule has 5 rings (SSSR count). The molecule has 5 heterocycles. The van der Waals surface area contributed by atoms with Crippen LogP contribution in [0, 0.1) is 42.9 Å². The molecular formula is C47H74N5O9Rb. The van der Waals surface area contributed by atoms with Gasteiger partial charge in [-0.05, 0) is 91.4 Å². The van der Waals surface area contributed by atoms with Crippen LogP contribution in [-0.2, 0) is 39.9 Å². The number of unbranched alkanes of at least 4 members (excludes halogenated alkanes) is 1. The molecule has 14 nitrogen and oxygen atoms in total. The van der Waals surface area contributed by atoms with E-state index in [-0.39, 0.29) is 88.5 Å². The number of hydrogen-bond donors (Lipinski definition) is 1. The van der Waals surface area contributed by atoms with Crippen molar-refractivity contribution in [3.63, 3.8) is 0 Å². The molecule has 1 N–H and O–H groups in total. The molecule has 0 unspecified atom stereocenters. The van der Waals surface area contributed by atoms with Crippen LogP contribution in [0.2, 0.25) is 0 Å². The Morgan fingerprint density at radius 3 is 2.26 bits per heavy atom. The first-order chi connectivity index (χ1) is 28.6. The predicted molar refractivity (Wildman–Crippen MR) is 233 cm³/mol. The van der Waals surface area contributed by atoms with Gasteiger partial charge >= 0.3 is 64.3 Å².